The number of carbonyl (C=O) groups excluding carboxylic acids is 1. The SMILES string of the molecule is COc1ccc(OCC(C)NS(=O)(=O)c2nnc(NC(=O)C(C)C)s2)cc1. The van der Waals surface area contributed by atoms with Gasteiger partial charge in [0.25, 0.3) is 10.0 Å². The average molecular weight is 415 g/mol. The third kappa shape index (κ3) is 6.15. The van der Waals surface area contributed by atoms with Crippen molar-refractivity contribution in [2.75, 3.05) is 19.0 Å². The Balaban J connectivity index is 1.92. The molecule has 11 heteroatoms. The summed E-state index contributed by atoms with van der Waals surface area (Å²) in [5.74, 6) is 0.788. The molecule has 9 nitrogen and oxygen atoms in total. The molecule has 1 heterocycles. The highest BCUT2D eigenvalue weighted by Crippen LogP contribution is 2.21. The number of aromatic nitrogens is 2. The fourth-order valence-electron chi connectivity index (χ4n) is 1.86. The molecule has 1 aromatic heterocycles. The number of hydrogen-bond acceptors (Lipinski definition) is 8. The van der Waals surface area contributed by atoms with Gasteiger partial charge in [-0.3, -0.25) is 4.79 Å². The summed E-state index contributed by atoms with van der Waals surface area (Å²) in [6.45, 7) is 5.24. The van der Waals surface area contributed by atoms with Crippen LogP contribution in [0.3, 0.4) is 0 Å². The van der Waals surface area contributed by atoms with Crippen molar-refractivity contribution < 1.29 is 22.7 Å². The van der Waals surface area contributed by atoms with E-state index in [0.717, 1.165) is 11.3 Å². The Morgan fingerprint density at radius 1 is 1.15 bits per heavy atom. The first-order chi connectivity index (χ1) is 12.7. The molecule has 1 aromatic carbocycles. The Labute approximate surface area is 162 Å². The minimum absolute atomic E-state index is 0.126. The number of anilines is 1. The standard InChI is InChI=1S/C16H22N4O5S2/c1-10(2)14(21)17-15-18-19-16(26-15)27(22,23)20-11(3)9-25-13-7-5-12(24-4)6-8-13/h5-8,10-11,20H,9H2,1-4H3,(H,17,18,21). The molecule has 27 heavy (non-hydrogen) atoms. The first kappa shape index (κ1) is 21.1. The van der Waals surface area contributed by atoms with E-state index in [-0.39, 0.29) is 27.9 Å². The third-order valence-electron chi connectivity index (χ3n) is 3.31. The Kier molecular flexibility index (Phi) is 7.11. The summed E-state index contributed by atoms with van der Waals surface area (Å²) < 4.78 is 37.6. The molecule has 0 aliphatic heterocycles. The lowest BCUT2D eigenvalue weighted by molar-refractivity contribution is -0.118. The zero-order chi connectivity index (χ0) is 20.0. The molecule has 2 rings (SSSR count). The molecule has 0 spiro atoms. The predicted octanol–water partition coefficient (Wildman–Crippen LogP) is 1.89. The van der Waals surface area contributed by atoms with Gasteiger partial charge in [-0.15, -0.1) is 10.2 Å². The van der Waals surface area contributed by atoms with Gasteiger partial charge in [0.05, 0.1) is 13.2 Å². The van der Waals surface area contributed by atoms with Crippen LogP contribution in [0.4, 0.5) is 5.13 Å². The lowest BCUT2D eigenvalue weighted by atomic mass is 10.2. The number of sulfonamides is 1. The monoisotopic (exact) mass is 414 g/mol. The molecular weight excluding hydrogens is 392 g/mol. The van der Waals surface area contributed by atoms with Gasteiger partial charge in [0.2, 0.25) is 15.4 Å². The van der Waals surface area contributed by atoms with E-state index in [1.54, 1.807) is 52.1 Å². The molecule has 0 fully saturated rings. The number of nitrogens with zero attached hydrogens (tertiary/aromatic N) is 2. The Morgan fingerprint density at radius 3 is 2.37 bits per heavy atom. The highest BCUT2D eigenvalue weighted by atomic mass is 32.2. The smallest absolute Gasteiger partial charge is 0.270 e. The van der Waals surface area contributed by atoms with Gasteiger partial charge in [0, 0.05) is 5.92 Å². The maximum absolute atomic E-state index is 12.4. The number of carbonyl (C=O) groups is 1. The minimum Gasteiger partial charge on any atom is -0.497 e. The second-order valence-electron chi connectivity index (χ2n) is 6.03. The van der Waals surface area contributed by atoms with E-state index >= 15 is 0 Å². The van der Waals surface area contributed by atoms with Crippen LogP contribution in [0.25, 0.3) is 0 Å². The topological polar surface area (TPSA) is 120 Å². The number of nitrogens with one attached hydrogen (secondary N) is 2. The van der Waals surface area contributed by atoms with Crippen LogP contribution < -0.4 is 19.5 Å². The van der Waals surface area contributed by atoms with E-state index < -0.39 is 16.1 Å². The number of benzene rings is 1. The summed E-state index contributed by atoms with van der Waals surface area (Å²) in [5.41, 5.74) is 0. The van der Waals surface area contributed by atoms with Gasteiger partial charge in [-0.2, -0.15) is 0 Å². The van der Waals surface area contributed by atoms with Crippen molar-refractivity contribution >= 4 is 32.4 Å². The summed E-state index contributed by atoms with van der Waals surface area (Å²) in [4.78, 5) is 11.6. The van der Waals surface area contributed by atoms with Gasteiger partial charge in [0.1, 0.15) is 18.1 Å². The minimum atomic E-state index is -3.87. The van der Waals surface area contributed by atoms with E-state index in [2.05, 4.69) is 20.2 Å². The summed E-state index contributed by atoms with van der Waals surface area (Å²) in [5, 5.41) is 9.99. The zero-order valence-corrected chi connectivity index (χ0v) is 17.1. The number of hydrogen-bond donors (Lipinski definition) is 2. The maximum atomic E-state index is 12.4. The van der Waals surface area contributed by atoms with Gasteiger partial charge in [-0.1, -0.05) is 25.2 Å². The Hall–Kier alpha value is -2.24. The lowest BCUT2D eigenvalue weighted by Crippen LogP contribution is -2.36. The Bertz CT molecular complexity index is 865. The molecule has 0 saturated heterocycles. The van der Waals surface area contributed by atoms with Crippen LogP contribution in [0, 0.1) is 5.92 Å². The van der Waals surface area contributed by atoms with Crippen molar-refractivity contribution in [2.45, 2.75) is 31.2 Å². The van der Waals surface area contributed by atoms with Gasteiger partial charge >= 0.3 is 0 Å². The normalized spacial score (nSPS) is 12.6. The highest BCUT2D eigenvalue weighted by Gasteiger charge is 2.23. The van der Waals surface area contributed by atoms with Gasteiger partial charge in [-0.25, -0.2) is 13.1 Å². The maximum Gasteiger partial charge on any atom is 0.270 e. The molecule has 1 atom stereocenters. The fraction of sp³-hybridized carbons (Fsp3) is 0.438. The lowest BCUT2D eigenvalue weighted by Gasteiger charge is -2.14. The number of ether oxygens (including phenoxy) is 2. The largest absolute Gasteiger partial charge is 0.497 e. The van der Waals surface area contributed by atoms with Gasteiger partial charge in [0.15, 0.2) is 0 Å². The molecule has 0 bridgehead atoms. The molecular formula is C16H22N4O5S2. The second kappa shape index (κ2) is 9.11. The molecule has 1 amide bonds. The van der Waals surface area contributed by atoms with Crippen LogP contribution in [-0.2, 0) is 14.8 Å². The van der Waals surface area contributed by atoms with E-state index in [1.165, 1.54) is 0 Å². The van der Waals surface area contributed by atoms with Crippen LogP contribution in [0.5, 0.6) is 11.5 Å². The third-order valence-corrected chi connectivity index (χ3v) is 6.10. The van der Waals surface area contributed by atoms with E-state index in [4.69, 9.17) is 9.47 Å². The van der Waals surface area contributed by atoms with Crippen molar-refractivity contribution in [3.05, 3.63) is 24.3 Å². The molecule has 1 unspecified atom stereocenters. The second-order valence-corrected chi connectivity index (χ2v) is 8.89. The van der Waals surface area contributed by atoms with Crippen LogP contribution >= 0.6 is 11.3 Å². The molecule has 0 aliphatic rings. The zero-order valence-electron chi connectivity index (χ0n) is 15.4. The molecule has 0 radical (unpaired) electrons. The molecule has 148 valence electrons. The molecule has 2 aromatic rings. The first-order valence-corrected chi connectivity index (χ1v) is 10.4. The number of rotatable bonds is 9. The quantitative estimate of drug-likeness (QED) is 0.601. The summed E-state index contributed by atoms with van der Waals surface area (Å²) in [6.07, 6.45) is 0. The number of amides is 1. The average Bonchev–Trinajstić information content (AvgIpc) is 3.09. The van der Waals surface area contributed by atoms with Crippen molar-refractivity contribution in [3.63, 3.8) is 0 Å². The summed E-state index contributed by atoms with van der Waals surface area (Å²) in [7, 11) is -2.30. The van der Waals surface area contributed by atoms with E-state index in [9.17, 15) is 13.2 Å². The van der Waals surface area contributed by atoms with Crippen LogP contribution in [0.15, 0.2) is 28.6 Å². The van der Waals surface area contributed by atoms with Crippen LogP contribution in [-0.4, -0.2) is 44.3 Å². The molecule has 0 saturated carbocycles. The predicted molar refractivity (Wildman–Crippen MR) is 102 cm³/mol. The van der Waals surface area contributed by atoms with Crippen molar-refractivity contribution in [2.24, 2.45) is 5.92 Å². The van der Waals surface area contributed by atoms with Crippen molar-refractivity contribution in [3.8, 4) is 11.5 Å². The van der Waals surface area contributed by atoms with E-state index in [1.807, 2.05) is 0 Å². The summed E-state index contributed by atoms with van der Waals surface area (Å²) >= 11 is 0.787. The van der Waals surface area contributed by atoms with Gasteiger partial charge < -0.3 is 14.8 Å². The van der Waals surface area contributed by atoms with Crippen molar-refractivity contribution in [1.82, 2.24) is 14.9 Å². The Morgan fingerprint density at radius 2 is 1.78 bits per heavy atom. The van der Waals surface area contributed by atoms with Crippen LogP contribution in [0.1, 0.15) is 20.8 Å². The fourth-order valence-corrected chi connectivity index (χ4v) is 4.01. The van der Waals surface area contributed by atoms with Crippen molar-refractivity contribution in [1.29, 1.82) is 0 Å². The summed E-state index contributed by atoms with van der Waals surface area (Å²) in [6, 6.07) is 6.45. The van der Waals surface area contributed by atoms with Crippen LogP contribution in [0.2, 0.25) is 0 Å². The highest BCUT2D eigenvalue weighted by molar-refractivity contribution is 7.91. The number of methoxy groups -OCH3 is 1. The molecule has 0 aliphatic carbocycles. The van der Waals surface area contributed by atoms with E-state index in [0.29, 0.717) is 11.5 Å². The van der Waals surface area contributed by atoms with Gasteiger partial charge in [-0.05, 0) is 31.2 Å². The molecule has 2 N–H and O–H groups in total. The first-order valence-electron chi connectivity index (χ1n) is 8.15.